The fraction of sp³-hybridized carbons (Fsp3) is 0.235. The van der Waals surface area contributed by atoms with Gasteiger partial charge < -0.3 is 0 Å². The van der Waals surface area contributed by atoms with Gasteiger partial charge in [0.2, 0.25) is 0 Å². The number of rotatable bonds is 2. The van der Waals surface area contributed by atoms with Crippen molar-refractivity contribution in [1.29, 1.82) is 0 Å². The number of carbonyl (C=O) groups excluding carboxylic acids is 1. The van der Waals surface area contributed by atoms with Crippen LogP contribution in [0.1, 0.15) is 34.0 Å². The molecule has 1 nitrogen and oxygen atoms in total. The molecule has 0 spiro atoms. The van der Waals surface area contributed by atoms with E-state index in [0.717, 1.165) is 16.7 Å². The molecule has 1 heteroatoms. The standard InChI is InChI=1S/C17H18O/c1-11-9-13(3)17(10-12(11)2)16-8-6-5-7-15(16)14(4)18/h5-10H,1-4H3. The van der Waals surface area contributed by atoms with Gasteiger partial charge in [0.05, 0.1) is 0 Å². The summed E-state index contributed by atoms with van der Waals surface area (Å²) < 4.78 is 0. The molecule has 0 aliphatic rings. The second-order valence-electron chi connectivity index (χ2n) is 4.85. The molecule has 0 amide bonds. The van der Waals surface area contributed by atoms with E-state index in [1.54, 1.807) is 6.92 Å². The lowest BCUT2D eigenvalue weighted by Crippen LogP contribution is -1.97. The minimum Gasteiger partial charge on any atom is -0.294 e. The van der Waals surface area contributed by atoms with Crippen LogP contribution in [0.2, 0.25) is 0 Å². The third-order valence-corrected chi connectivity index (χ3v) is 3.44. The Morgan fingerprint density at radius 1 is 0.833 bits per heavy atom. The third-order valence-electron chi connectivity index (χ3n) is 3.44. The predicted molar refractivity (Wildman–Crippen MR) is 76.1 cm³/mol. The smallest absolute Gasteiger partial charge is 0.160 e. The second-order valence-corrected chi connectivity index (χ2v) is 4.85. The predicted octanol–water partition coefficient (Wildman–Crippen LogP) is 4.48. The van der Waals surface area contributed by atoms with Crippen LogP contribution in [-0.4, -0.2) is 5.78 Å². The van der Waals surface area contributed by atoms with Crippen LogP contribution in [-0.2, 0) is 0 Å². The molecular formula is C17H18O. The molecule has 0 heterocycles. The van der Waals surface area contributed by atoms with Crippen LogP contribution in [0.15, 0.2) is 36.4 Å². The lowest BCUT2D eigenvalue weighted by molar-refractivity contribution is 0.101. The summed E-state index contributed by atoms with van der Waals surface area (Å²) in [5, 5.41) is 0. The summed E-state index contributed by atoms with van der Waals surface area (Å²) in [5.74, 6) is 0.114. The summed E-state index contributed by atoms with van der Waals surface area (Å²) in [5.41, 5.74) is 6.75. The summed E-state index contributed by atoms with van der Waals surface area (Å²) in [4.78, 5) is 11.7. The second kappa shape index (κ2) is 4.77. The van der Waals surface area contributed by atoms with Gasteiger partial charge in [0.15, 0.2) is 5.78 Å². The Morgan fingerprint density at radius 2 is 1.44 bits per heavy atom. The van der Waals surface area contributed by atoms with Gasteiger partial charge in [-0.3, -0.25) is 4.79 Å². The van der Waals surface area contributed by atoms with E-state index < -0.39 is 0 Å². The lowest BCUT2D eigenvalue weighted by atomic mass is 9.91. The molecule has 0 aromatic heterocycles. The average molecular weight is 238 g/mol. The fourth-order valence-corrected chi connectivity index (χ4v) is 2.28. The van der Waals surface area contributed by atoms with E-state index >= 15 is 0 Å². The van der Waals surface area contributed by atoms with Gasteiger partial charge >= 0.3 is 0 Å². The minimum atomic E-state index is 0.114. The summed E-state index contributed by atoms with van der Waals surface area (Å²) in [6.07, 6.45) is 0. The zero-order valence-corrected chi connectivity index (χ0v) is 11.4. The zero-order chi connectivity index (χ0) is 13.3. The van der Waals surface area contributed by atoms with Crippen LogP contribution in [0.3, 0.4) is 0 Å². The van der Waals surface area contributed by atoms with E-state index in [-0.39, 0.29) is 5.78 Å². The molecule has 2 rings (SSSR count). The first-order chi connectivity index (χ1) is 8.50. The van der Waals surface area contributed by atoms with Gasteiger partial charge in [-0.1, -0.05) is 36.4 Å². The van der Waals surface area contributed by atoms with Crippen molar-refractivity contribution >= 4 is 5.78 Å². The Morgan fingerprint density at radius 3 is 2.11 bits per heavy atom. The van der Waals surface area contributed by atoms with E-state index in [4.69, 9.17) is 0 Å². The molecule has 0 fully saturated rings. The summed E-state index contributed by atoms with van der Waals surface area (Å²) in [6, 6.07) is 12.2. The van der Waals surface area contributed by atoms with Gasteiger partial charge in [0.25, 0.3) is 0 Å². The number of hydrogen-bond donors (Lipinski definition) is 0. The molecule has 18 heavy (non-hydrogen) atoms. The van der Waals surface area contributed by atoms with Crippen LogP contribution in [0.25, 0.3) is 11.1 Å². The fourth-order valence-electron chi connectivity index (χ4n) is 2.28. The topological polar surface area (TPSA) is 17.1 Å². The molecule has 0 N–H and O–H groups in total. The van der Waals surface area contributed by atoms with Crippen molar-refractivity contribution in [1.82, 2.24) is 0 Å². The Hall–Kier alpha value is -1.89. The highest BCUT2D eigenvalue weighted by Crippen LogP contribution is 2.29. The number of benzene rings is 2. The molecule has 0 atom stereocenters. The quantitative estimate of drug-likeness (QED) is 0.705. The molecular weight excluding hydrogens is 220 g/mol. The van der Waals surface area contributed by atoms with Crippen molar-refractivity contribution < 1.29 is 4.79 Å². The summed E-state index contributed by atoms with van der Waals surface area (Å²) in [6.45, 7) is 7.94. The maximum Gasteiger partial charge on any atom is 0.160 e. The Bertz CT molecular complexity index is 609. The van der Waals surface area contributed by atoms with E-state index in [2.05, 4.69) is 32.9 Å². The maximum absolute atomic E-state index is 11.7. The van der Waals surface area contributed by atoms with Crippen LogP contribution < -0.4 is 0 Å². The Kier molecular flexibility index (Phi) is 3.33. The molecule has 2 aromatic carbocycles. The molecule has 0 unspecified atom stereocenters. The first kappa shape index (κ1) is 12.6. The van der Waals surface area contributed by atoms with Crippen molar-refractivity contribution in [2.24, 2.45) is 0 Å². The first-order valence-corrected chi connectivity index (χ1v) is 6.19. The van der Waals surface area contributed by atoms with Crippen LogP contribution >= 0.6 is 0 Å². The van der Waals surface area contributed by atoms with Gasteiger partial charge in [0, 0.05) is 5.56 Å². The van der Waals surface area contributed by atoms with Gasteiger partial charge in [-0.05, 0) is 55.5 Å². The molecule has 0 bridgehead atoms. The molecule has 0 aliphatic carbocycles. The van der Waals surface area contributed by atoms with Crippen molar-refractivity contribution in [2.75, 3.05) is 0 Å². The molecule has 0 radical (unpaired) electrons. The number of aryl methyl sites for hydroxylation is 3. The van der Waals surface area contributed by atoms with E-state index in [0.29, 0.717) is 0 Å². The van der Waals surface area contributed by atoms with Crippen LogP contribution in [0.4, 0.5) is 0 Å². The van der Waals surface area contributed by atoms with Crippen molar-refractivity contribution in [3.8, 4) is 11.1 Å². The normalized spacial score (nSPS) is 10.4. The SMILES string of the molecule is CC(=O)c1ccccc1-c1cc(C)c(C)cc1C. The number of carbonyl (C=O) groups is 1. The Labute approximate surface area is 108 Å². The van der Waals surface area contributed by atoms with Crippen LogP contribution in [0.5, 0.6) is 0 Å². The van der Waals surface area contributed by atoms with E-state index in [1.807, 2.05) is 24.3 Å². The van der Waals surface area contributed by atoms with Crippen LogP contribution in [0, 0.1) is 20.8 Å². The Balaban J connectivity index is 2.69. The molecule has 92 valence electrons. The van der Waals surface area contributed by atoms with E-state index in [9.17, 15) is 4.79 Å². The summed E-state index contributed by atoms with van der Waals surface area (Å²) in [7, 11) is 0. The third kappa shape index (κ3) is 2.21. The number of Topliss-reactive ketones (excluding diaryl/α,β-unsaturated/α-hetero) is 1. The molecule has 2 aromatic rings. The van der Waals surface area contributed by atoms with Gasteiger partial charge in [-0.15, -0.1) is 0 Å². The van der Waals surface area contributed by atoms with Gasteiger partial charge in [0.1, 0.15) is 0 Å². The summed E-state index contributed by atoms with van der Waals surface area (Å²) >= 11 is 0. The van der Waals surface area contributed by atoms with Crippen molar-refractivity contribution in [3.05, 3.63) is 58.7 Å². The molecule has 0 saturated heterocycles. The number of ketones is 1. The zero-order valence-electron chi connectivity index (χ0n) is 11.4. The highest BCUT2D eigenvalue weighted by atomic mass is 16.1. The lowest BCUT2D eigenvalue weighted by Gasteiger charge is -2.12. The number of hydrogen-bond acceptors (Lipinski definition) is 1. The largest absolute Gasteiger partial charge is 0.294 e. The molecule has 0 aliphatic heterocycles. The molecule has 0 saturated carbocycles. The van der Waals surface area contributed by atoms with E-state index in [1.165, 1.54) is 16.7 Å². The average Bonchev–Trinajstić information content (AvgIpc) is 2.34. The van der Waals surface area contributed by atoms with Gasteiger partial charge in [-0.2, -0.15) is 0 Å². The maximum atomic E-state index is 11.7. The van der Waals surface area contributed by atoms with Crippen molar-refractivity contribution in [2.45, 2.75) is 27.7 Å². The first-order valence-electron chi connectivity index (χ1n) is 6.19. The highest BCUT2D eigenvalue weighted by molar-refractivity contribution is 6.01. The van der Waals surface area contributed by atoms with Gasteiger partial charge in [-0.25, -0.2) is 0 Å². The monoisotopic (exact) mass is 238 g/mol. The van der Waals surface area contributed by atoms with Crippen molar-refractivity contribution in [3.63, 3.8) is 0 Å². The minimum absolute atomic E-state index is 0.114. The highest BCUT2D eigenvalue weighted by Gasteiger charge is 2.11.